The van der Waals surface area contributed by atoms with Gasteiger partial charge in [-0.2, -0.15) is 5.26 Å². The van der Waals surface area contributed by atoms with E-state index in [1.807, 2.05) is 18.2 Å². The average molecular weight is 400 g/mol. The van der Waals surface area contributed by atoms with Gasteiger partial charge in [0.2, 0.25) is 5.91 Å². The van der Waals surface area contributed by atoms with Crippen molar-refractivity contribution < 1.29 is 19.4 Å². The van der Waals surface area contributed by atoms with E-state index in [2.05, 4.69) is 11.0 Å². The number of likely N-dealkylation sites (tertiary alicyclic amines) is 1. The number of hydrogen-bond acceptors (Lipinski definition) is 6. The molecule has 1 aromatic carbocycles. The molecule has 2 amide bonds. The highest BCUT2D eigenvalue weighted by Crippen LogP contribution is 2.25. The summed E-state index contributed by atoms with van der Waals surface area (Å²) in [7, 11) is 0. The summed E-state index contributed by atoms with van der Waals surface area (Å²) in [5, 5.41) is 19.4. The van der Waals surface area contributed by atoms with Crippen LogP contribution in [0.1, 0.15) is 32.8 Å². The largest absolute Gasteiger partial charge is 0.444 e. The number of β-amino-alcohol motifs (C(OH)–C–C–N with tert-alkyl or cyclic N) is 1. The number of ether oxygens (including phenoxy) is 1. The van der Waals surface area contributed by atoms with Crippen LogP contribution in [0.4, 0.5) is 10.5 Å². The van der Waals surface area contributed by atoms with Crippen molar-refractivity contribution in [3.63, 3.8) is 0 Å². The van der Waals surface area contributed by atoms with Crippen LogP contribution in [0, 0.1) is 11.3 Å². The highest BCUT2D eigenvalue weighted by atomic mass is 16.6. The maximum atomic E-state index is 13.1. The quantitative estimate of drug-likeness (QED) is 0.810. The Bertz CT molecular complexity index is 806. The lowest BCUT2D eigenvalue weighted by Gasteiger charge is -2.38. The Morgan fingerprint density at radius 1 is 1.17 bits per heavy atom. The summed E-state index contributed by atoms with van der Waals surface area (Å²) in [6, 6.07) is 8.92. The van der Waals surface area contributed by atoms with E-state index in [0.717, 1.165) is 5.69 Å². The summed E-state index contributed by atoms with van der Waals surface area (Å²) in [6.07, 6.45) is -1.09. The molecule has 1 aromatic rings. The average Bonchev–Trinajstić information content (AvgIpc) is 3.08. The van der Waals surface area contributed by atoms with Crippen molar-refractivity contribution in [1.82, 2.24) is 9.80 Å². The van der Waals surface area contributed by atoms with E-state index in [-0.39, 0.29) is 18.9 Å². The Morgan fingerprint density at radius 2 is 1.83 bits per heavy atom. The Labute approximate surface area is 171 Å². The minimum absolute atomic E-state index is 0.0980. The summed E-state index contributed by atoms with van der Waals surface area (Å²) < 4.78 is 5.40. The second-order valence-electron chi connectivity index (χ2n) is 8.48. The zero-order valence-electron chi connectivity index (χ0n) is 17.2. The first kappa shape index (κ1) is 20.9. The first-order chi connectivity index (χ1) is 13.7. The van der Waals surface area contributed by atoms with Gasteiger partial charge in [-0.1, -0.05) is 12.1 Å². The maximum absolute atomic E-state index is 13.1. The van der Waals surface area contributed by atoms with Gasteiger partial charge in [-0.05, 0) is 32.9 Å². The number of nitrogens with zero attached hydrogens (tertiary/aromatic N) is 4. The van der Waals surface area contributed by atoms with Gasteiger partial charge in [0, 0.05) is 32.6 Å². The molecule has 0 bridgehead atoms. The molecule has 0 saturated carbocycles. The molecule has 2 saturated heterocycles. The summed E-state index contributed by atoms with van der Waals surface area (Å²) in [4.78, 5) is 30.7. The predicted molar refractivity (Wildman–Crippen MR) is 107 cm³/mol. The van der Waals surface area contributed by atoms with Crippen LogP contribution in [0.15, 0.2) is 24.3 Å². The standard InChI is InChI=1S/C21H28N4O4/c1-21(2,3)29-20(28)25-14-16(26)12-18(25)19(27)24-10-8-23(9-11-24)17-7-5-4-6-15(17)13-22/h4-7,16,18,26H,8-12,14H2,1-3H3/t16-,18+/m1/s1. The second kappa shape index (κ2) is 8.29. The van der Waals surface area contributed by atoms with E-state index in [4.69, 9.17) is 4.74 Å². The number of piperazine rings is 1. The van der Waals surface area contributed by atoms with Gasteiger partial charge in [-0.15, -0.1) is 0 Å². The van der Waals surface area contributed by atoms with Crippen LogP contribution in [0.2, 0.25) is 0 Å². The van der Waals surface area contributed by atoms with E-state index in [0.29, 0.717) is 31.7 Å². The number of nitriles is 1. The number of rotatable bonds is 2. The topological polar surface area (TPSA) is 97.1 Å². The number of carbonyl (C=O) groups is 2. The van der Waals surface area contributed by atoms with Crippen molar-refractivity contribution in [1.29, 1.82) is 5.26 Å². The summed E-state index contributed by atoms with van der Waals surface area (Å²) in [6.45, 7) is 7.60. The predicted octanol–water partition coefficient (Wildman–Crippen LogP) is 1.58. The van der Waals surface area contributed by atoms with E-state index in [9.17, 15) is 20.0 Å². The third kappa shape index (κ3) is 4.80. The Hall–Kier alpha value is -2.79. The SMILES string of the molecule is CC(C)(C)OC(=O)N1C[C@H](O)C[C@H]1C(=O)N1CCN(c2ccccc2C#N)CC1. The highest BCUT2D eigenvalue weighted by molar-refractivity contribution is 5.86. The van der Waals surface area contributed by atoms with Crippen molar-refractivity contribution >= 4 is 17.7 Å². The molecule has 0 unspecified atom stereocenters. The fourth-order valence-electron chi connectivity index (χ4n) is 3.79. The number of hydrogen-bond donors (Lipinski definition) is 1. The lowest BCUT2D eigenvalue weighted by atomic mass is 10.1. The summed E-state index contributed by atoms with van der Waals surface area (Å²) >= 11 is 0. The smallest absolute Gasteiger partial charge is 0.411 e. The molecule has 156 valence electrons. The molecule has 0 aliphatic carbocycles. The van der Waals surface area contributed by atoms with Gasteiger partial charge in [-0.25, -0.2) is 4.79 Å². The first-order valence-corrected chi connectivity index (χ1v) is 9.90. The number of benzene rings is 1. The second-order valence-corrected chi connectivity index (χ2v) is 8.48. The van der Waals surface area contributed by atoms with Gasteiger partial charge >= 0.3 is 6.09 Å². The van der Waals surface area contributed by atoms with Gasteiger partial charge in [0.05, 0.1) is 23.9 Å². The number of carbonyl (C=O) groups excluding carboxylic acids is 2. The third-order valence-corrected chi connectivity index (χ3v) is 5.15. The fraction of sp³-hybridized carbons (Fsp3) is 0.571. The van der Waals surface area contributed by atoms with Crippen LogP contribution in [0.25, 0.3) is 0 Å². The summed E-state index contributed by atoms with van der Waals surface area (Å²) in [5.74, 6) is -0.166. The monoisotopic (exact) mass is 400 g/mol. The molecule has 2 heterocycles. The maximum Gasteiger partial charge on any atom is 0.411 e. The van der Waals surface area contributed by atoms with Crippen LogP contribution in [-0.4, -0.2) is 77.4 Å². The van der Waals surface area contributed by atoms with Gasteiger partial charge < -0.3 is 19.6 Å². The third-order valence-electron chi connectivity index (χ3n) is 5.15. The number of anilines is 1. The highest BCUT2D eigenvalue weighted by Gasteiger charge is 2.43. The van der Waals surface area contributed by atoms with Crippen molar-refractivity contribution in [3.05, 3.63) is 29.8 Å². The van der Waals surface area contributed by atoms with Gasteiger partial charge in [0.15, 0.2) is 0 Å². The van der Waals surface area contributed by atoms with Crippen LogP contribution >= 0.6 is 0 Å². The minimum atomic E-state index is -0.736. The van der Waals surface area contributed by atoms with E-state index < -0.39 is 23.8 Å². The van der Waals surface area contributed by atoms with Gasteiger partial charge in [0.1, 0.15) is 17.7 Å². The minimum Gasteiger partial charge on any atom is -0.444 e. The molecule has 2 fully saturated rings. The van der Waals surface area contributed by atoms with Crippen molar-refractivity contribution in [3.8, 4) is 6.07 Å². The van der Waals surface area contributed by atoms with Gasteiger partial charge in [0.25, 0.3) is 0 Å². The van der Waals surface area contributed by atoms with E-state index in [1.54, 1.807) is 31.7 Å². The van der Waals surface area contributed by atoms with Crippen molar-refractivity contribution in [2.75, 3.05) is 37.6 Å². The number of aliphatic hydroxyl groups excluding tert-OH is 1. The lowest BCUT2D eigenvalue weighted by molar-refractivity contribution is -0.136. The molecule has 0 aromatic heterocycles. The van der Waals surface area contributed by atoms with Crippen LogP contribution < -0.4 is 4.90 Å². The normalized spacial score (nSPS) is 22.4. The number of amides is 2. The van der Waals surface area contributed by atoms with E-state index >= 15 is 0 Å². The first-order valence-electron chi connectivity index (χ1n) is 9.90. The Morgan fingerprint density at radius 3 is 2.45 bits per heavy atom. The molecule has 29 heavy (non-hydrogen) atoms. The molecule has 2 atom stereocenters. The zero-order valence-corrected chi connectivity index (χ0v) is 17.2. The lowest BCUT2D eigenvalue weighted by Crippen LogP contribution is -2.55. The van der Waals surface area contributed by atoms with Crippen LogP contribution in [0.5, 0.6) is 0 Å². The fourth-order valence-corrected chi connectivity index (χ4v) is 3.79. The molecule has 2 aliphatic heterocycles. The molecule has 1 N–H and O–H groups in total. The zero-order chi connectivity index (χ0) is 21.2. The number of para-hydroxylation sites is 1. The van der Waals surface area contributed by atoms with Crippen molar-refractivity contribution in [2.24, 2.45) is 0 Å². The van der Waals surface area contributed by atoms with Gasteiger partial charge in [-0.3, -0.25) is 9.69 Å². The molecule has 2 aliphatic rings. The molecular formula is C21H28N4O4. The Balaban J connectivity index is 1.65. The molecule has 8 nitrogen and oxygen atoms in total. The Kier molecular flexibility index (Phi) is 5.99. The van der Waals surface area contributed by atoms with Crippen molar-refractivity contribution in [2.45, 2.75) is 44.9 Å². The molecule has 0 radical (unpaired) electrons. The van der Waals surface area contributed by atoms with Crippen LogP contribution in [0.3, 0.4) is 0 Å². The molecule has 8 heteroatoms. The molecular weight excluding hydrogens is 372 g/mol. The molecule has 3 rings (SSSR count). The molecule has 0 spiro atoms. The number of aliphatic hydroxyl groups is 1. The van der Waals surface area contributed by atoms with E-state index in [1.165, 1.54) is 4.90 Å². The van der Waals surface area contributed by atoms with Crippen LogP contribution in [-0.2, 0) is 9.53 Å². The summed E-state index contributed by atoms with van der Waals surface area (Å²) in [5.41, 5.74) is 0.814.